The lowest BCUT2D eigenvalue weighted by Crippen LogP contribution is -2.29. The first-order valence-corrected chi connectivity index (χ1v) is 10.7. The number of aryl methyl sites for hydroxylation is 2. The molecule has 2 aromatic carbocycles. The number of rotatable bonds is 4. The van der Waals surface area contributed by atoms with Gasteiger partial charge in [0, 0.05) is 45.9 Å². The summed E-state index contributed by atoms with van der Waals surface area (Å²) in [7, 11) is 1.96. The van der Waals surface area contributed by atoms with Crippen molar-refractivity contribution < 1.29 is 4.79 Å². The molecule has 0 saturated heterocycles. The van der Waals surface area contributed by atoms with Crippen LogP contribution >= 0.6 is 11.6 Å². The number of halogens is 1. The molecule has 1 aliphatic rings. The zero-order valence-corrected chi connectivity index (χ0v) is 17.6. The van der Waals surface area contributed by atoms with Crippen molar-refractivity contribution >= 4 is 45.0 Å². The van der Waals surface area contributed by atoms with Crippen LogP contribution in [-0.2, 0) is 19.9 Å². The van der Waals surface area contributed by atoms with E-state index in [4.69, 9.17) is 16.6 Å². The van der Waals surface area contributed by atoms with E-state index in [1.54, 1.807) is 0 Å². The molecule has 30 heavy (non-hydrogen) atoms. The van der Waals surface area contributed by atoms with Crippen molar-refractivity contribution in [1.29, 1.82) is 0 Å². The maximum atomic E-state index is 12.9. The zero-order valence-electron chi connectivity index (χ0n) is 16.8. The van der Waals surface area contributed by atoms with E-state index >= 15 is 0 Å². The minimum absolute atomic E-state index is 0.0884. The average molecular weight is 419 g/mol. The molecule has 0 bridgehead atoms. The summed E-state index contributed by atoms with van der Waals surface area (Å²) in [5, 5.41) is 9.17. The number of amides is 1. The number of hydrogen-bond donors (Lipinski definition) is 2. The lowest BCUT2D eigenvalue weighted by molar-refractivity contribution is 0.0958. The molecule has 0 spiro atoms. The summed E-state index contributed by atoms with van der Waals surface area (Å²) < 4.78 is 1.98. The van der Waals surface area contributed by atoms with E-state index < -0.39 is 0 Å². The largest absolute Gasteiger partial charge is 0.367 e. The zero-order chi connectivity index (χ0) is 20.7. The standard InChI is InChI=1S/C24H23ClN4O/c1-29-13-19(16-6-3-5-9-22(16)29)24(30)27-14-26-23-17-7-2-4-8-20(17)28-21-12-15(25)10-11-18(21)23/h3,5-6,9-13H,2,4,7-8,14H2,1H3,(H,26,28)(H,27,30). The van der Waals surface area contributed by atoms with E-state index in [0.717, 1.165) is 58.9 Å². The molecule has 0 unspecified atom stereocenters. The SMILES string of the molecule is Cn1cc(C(=O)NCNc2c3c(nc4cc(Cl)ccc24)CCCC3)c2ccccc21. The Morgan fingerprint density at radius 3 is 2.87 bits per heavy atom. The summed E-state index contributed by atoms with van der Waals surface area (Å²) in [4.78, 5) is 17.7. The van der Waals surface area contributed by atoms with E-state index in [0.29, 0.717) is 17.3 Å². The van der Waals surface area contributed by atoms with Crippen molar-refractivity contribution in [1.82, 2.24) is 14.9 Å². The van der Waals surface area contributed by atoms with Crippen molar-refractivity contribution in [3.63, 3.8) is 0 Å². The third-order valence-corrected chi connectivity index (χ3v) is 6.12. The van der Waals surface area contributed by atoms with Gasteiger partial charge < -0.3 is 15.2 Å². The third kappa shape index (κ3) is 3.29. The number of pyridine rings is 1. The van der Waals surface area contributed by atoms with Crippen LogP contribution in [0.25, 0.3) is 21.8 Å². The van der Waals surface area contributed by atoms with Crippen LogP contribution in [0.3, 0.4) is 0 Å². The topological polar surface area (TPSA) is 59.0 Å². The number of benzene rings is 2. The highest BCUT2D eigenvalue weighted by molar-refractivity contribution is 6.31. The Hall–Kier alpha value is -3.05. The molecule has 152 valence electrons. The monoisotopic (exact) mass is 418 g/mol. The second-order valence-electron chi connectivity index (χ2n) is 7.81. The number of carbonyl (C=O) groups excluding carboxylic acids is 1. The maximum Gasteiger partial charge on any atom is 0.254 e. The fraction of sp³-hybridized carbons (Fsp3) is 0.250. The first-order chi connectivity index (χ1) is 14.6. The molecule has 4 aromatic rings. The Bertz CT molecular complexity index is 1280. The van der Waals surface area contributed by atoms with Crippen LogP contribution in [0.1, 0.15) is 34.5 Å². The molecule has 2 N–H and O–H groups in total. The molecular weight excluding hydrogens is 396 g/mol. The van der Waals surface area contributed by atoms with Gasteiger partial charge in [0.1, 0.15) is 0 Å². The van der Waals surface area contributed by atoms with Gasteiger partial charge in [-0.3, -0.25) is 9.78 Å². The molecule has 2 heterocycles. The molecular formula is C24H23ClN4O. The van der Waals surface area contributed by atoms with E-state index in [1.165, 1.54) is 5.56 Å². The van der Waals surface area contributed by atoms with Gasteiger partial charge in [0.25, 0.3) is 5.91 Å². The molecule has 5 nitrogen and oxygen atoms in total. The van der Waals surface area contributed by atoms with Crippen LogP contribution in [0.5, 0.6) is 0 Å². The van der Waals surface area contributed by atoms with Crippen molar-refractivity contribution in [3.05, 3.63) is 70.5 Å². The van der Waals surface area contributed by atoms with Crippen LogP contribution in [0.4, 0.5) is 5.69 Å². The molecule has 0 radical (unpaired) electrons. The lowest BCUT2D eigenvalue weighted by Gasteiger charge is -2.22. The first-order valence-electron chi connectivity index (χ1n) is 10.3. The fourth-order valence-electron chi connectivity index (χ4n) is 4.43. The Balaban J connectivity index is 1.42. The van der Waals surface area contributed by atoms with Crippen molar-refractivity contribution in [2.75, 3.05) is 12.0 Å². The van der Waals surface area contributed by atoms with Crippen LogP contribution in [0.15, 0.2) is 48.7 Å². The second-order valence-corrected chi connectivity index (χ2v) is 8.25. The molecule has 1 aliphatic carbocycles. The smallest absolute Gasteiger partial charge is 0.254 e. The Kier molecular flexibility index (Phi) is 4.83. The third-order valence-electron chi connectivity index (χ3n) is 5.88. The minimum atomic E-state index is -0.0884. The number of nitrogens with zero attached hydrogens (tertiary/aromatic N) is 2. The van der Waals surface area contributed by atoms with Gasteiger partial charge >= 0.3 is 0 Å². The number of carbonyl (C=O) groups is 1. The summed E-state index contributed by atoms with van der Waals surface area (Å²) in [6, 6.07) is 13.7. The van der Waals surface area contributed by atoms with Gasteiger partial charge in [-0.25, -0.2) is 0 Å². The van der Waals surface area contributed by atoms with Crippen LogP contribution < -0.4 is 10.6 Å². The number of anilines is 1. The molecule has 1 amide bonds. The number of fused-ring (bicyclic) bond motifs is 3. The molecule has 2 aromatic heterocycles. The van der Waals surface area contributed by atoms with Gasteiger partial charge in [0.15, 0.2) is 0 Å². The second kappa shape index (κ2) is 7.65. The van der Waals surface area contributed by atoms with E-state index in [2.05, 4.69) is 10.6 Å². The van der Waals surface area contributed by atoms with Crippen LogP contribution in [-0.4, -0.2) is 22.1 Å². The number of nitrogens with one attached hydrogen (secondary N) is 2. The van der Waals surface area contributed by atoms with Gasteiger partial charge in [0.2, 0.25) is 0 Å². The van der Waals surface area contributed by atoms with E-state index in [-0.39, 0.29) is 5.91 Å². The molecule has 6 heteroatoms. The van der Waals surface area contributed by atoms with Gasteiger partial charge in [-0.15, -0.1) is 0 Å². The number of para-hydroxylation sites is 1. The summed E-state index contributed by atoms with van der Waals surface area (Å²) in [5.41, 5.74) is 6.08. The lowest BCUT2D eigenvalue weighted by atomic mass is 9.93. The fourth-order valence-corrected chi connectivity index (χ4v) is 4.60. The van der Waals surface area contributed by atoms with Crippen molar-refractivity contribution in [2.45, 2.75) is 25.7 Å². The highest BCUT2D eigenvalue weighted by Crippen LogP contribution is 2.34. The molecule has 5 rings (SSSR count). The summed E-state index contributed by atoms with van der Waals surface area (Å²) >= 11 is 6.20. The predicted octanol–water partition coefficient (Wildman–Crippen LogP) is 5.06. The predicted molar refractivity (Wildman–Crippen MR) is 122 cm³/mol. The Labute approximate surface area is 180 Å². The summed E-state index contributed by atoms with van der Waals surface area (Å²) in [5.74, 6) is -0.0884. The maximum absolute atomic E-state index is 12.9. The van der Waals surface area contributed by atoms with Crippen molar-refractivity contribution in [2.24, 2.45) is 7.05 Å². The van der Waals surface area contributed by atoms with Crippen LogP contribution in [0, 0.1) is 0 Å². The van der Waals surface area contributed by atoms with Gasteiger partial charge in [-0.05, 0) is 55.5 Å². The molecule has 0 fully saturated rings. The average Bonchev–Trinajstić information content (AvgIpc) is 3.10. The summed E-state index contributed by atoms with van der Waals surface area (Å²) in [6.45, 7) is 0.343. The van der Waals surface area contributed by atoms with Gasteiger partial charge in [-0.1, -0.05) is 29.8 Å². The normalized spacial score (nSPS) is 13.4. The van der Waals surface area contributed by atoms with Gasteiger partial charge in [-0.2, -0.15) is 0 Å². The highest BCUT2D eigenvalue weighted by atomic mass is 35.5. The van der Waals surface area contributed by atoms with E-state index in [9.17, 15) is 4.79 Å². The van der Waals surface area contributed by atoms with Gasteiger partial charge in [0.05, 0.1) is 17.7 Å². The molecule has 0 atom stereocenters. The highest BCUT2D eigenvalue weighted by Gasteiger charge is 2.19. The Morgan fingerprint density at radius 1 is 1.13 bits per heavy atom. The quantitative estimate of drug-likeness (QED) is 0.455. The molecule has 0 aliphatic heterocycles. The molecule has 0 saturated carbocycles. The summed E-state index contributed by atoms with van der Waals surface area (Å²) in [6.07, 6.45) is 6.18. The first kappa shape index (κ1) is 18.9. The van der Waals surface area contributed by atoms with E-state index in [1.807, 2.05) is 60.3 Å². The van der Waals surface area contributed by atoms with Crippen molar-refractivity contribution in [3.8, 4) is 0 Å². The Morgan fingerprint density at radius 2 is 1.97 bits per heavy atom. The van der Waals surface area contributed by atoms with Crippen LogP contribution in [0.2, 0.25) is 5.02 Å². The number of hydrogen-bond acceptors (Lipinski definition) is 3. The number of aromatic nitrogens is 2. The minimum Gasteiger partial charge on any atom is -0.367 e.